The second-order valence-electron chi connectivity index (χ2n) is 10.8. The van der Waals surface area contributed by atoms with Crippen LogP contribution in [0.25, 0.3) is 5.57 Å². The Morgan fingerprint density at radius 1 is 1.00 bits per heavy atom. The van der Waals surface area contributed by atoms with Gasteiger partial charge in [-0.2, -0.15) is 0 Å². The third-order valence-corrected chi connectivity index (χ3v) is 8.86. The monoisotopic (exact) mass is 495 g/mol. The summed E-state index contributed by atoms with van der Waals surface area (Å²) < 4.78 is 0. The van der Waals surface area contributed by atoms with Crippen LogP contribution in [0.1, 0.15) is 93.2 Å². The first-order valence-corrected chi connectivity index (χ1v) is 13.6. The lowest BCUT2D eigenvalue weighted by molar-refractivity contribution is 0.0967. The number of hydrogen-bond acceptors (Lipinski definition) is 3. The first-order valence-electron chi connectivity index (χ1n) is 11.9. The van der Waals surface area contributed by atoms with E-state index in [1.54, 1.807) is 18.4 Å². The molecule has 4 heteroatoms. The molecule has 2 aromatic rings. The van der Waals surface area contributed by atoms with Crippen LogP contribution in [0.5, 0.6) is 0 Å². The number of carbonyl (C=O) groups excluding carboxylic acids is 1. The van der Waals surface area contributed by atoms with Gasteiger partial charge < -0.3 is 5.32 Å². The van der Waals surface area contributed by atoms with Crippen LogP contribution in [0.15, 0.2) is 65.1 Å². The van der Waals surface area contributed by atoms with Crippen LogP contribution in [-0.4, -0.2) is 13.0 Å². The summed E-state index contributed by atoms with van der Waals surface area (Å²) in [5.41, 5.74) is 5.34. The zero-order chi connectivity index (χ0) is 25.7. The molecule has 0 aliphatic rings. The van der Waals surface area contributed by atoms with Crippen molar-refractivity contribution in [2.24, 2.45) is 5.41 Å². The van der Waals surface area contributed by atoms with Crippen molar-refractivity contribution in [1.82, 2.24) is 5.32 Å². The minimum absolute atomic E-state index is 0.0231. The number of amides is 1. The topological polar surface area (TPSA) is 29.1 Å². The highest BCUT2D eigenvalue weighted by molar-refractivity contribution is 8.03. The van der Waals surface area contributed by atoms with Crippen LogP contribution in [0, 0.1) is 5.41 Å². The molecule has 1 aromatic heterocycles. The van der Waals surface area contributed by atoms with Crippen molar-refractivity contribution < 1.29 is 4.79 Å². The number of allylic oxidation sites excluding steroid dienone is 5. The van der Waals surface area contributed by atoms with Crippen LogP contribution in [-0.2, 0) is 5.41 Å². The fraction of sp³-hybridized carbons (Fsp3) is 0.433. The number of carbonyl (C=O) groups is 1. The minimum Gasteiger partial charge on any atom is -0.354 e. The Bertz CT molecular complexity index is 1070. The van der Waals surface area contributed by atoms with E-state index in [0.717, 1.165) is 4.88 Å². The van der Waals surface area contributed by atoms with E-state index in [9.17, 15) is 4.79 Å². The summed E-state index contributed by atoms with van der Waals surface area (Å²) in [5.74, 6) is -0.0231. The molecule has 1 unspecified atom stereocenters. The molecule has 0 aliphatic carbocycles. The van der Waals surface area contributed by atoms with Crippen LogP contribution in [0.2, 0.25) is 0 Å². The molecule has 184 valence electrons. The number of thiophene rings is 1. The fourth-order valence-corrected chi connectivity index (χ4v) is 6.34. The van der Waals surface area contributed by atoms with Crippen molar-refractivity contribution in [3.05, 3.63) is 86.0 Å². The molecule has 0 fully saturated rings. The molecule has 1 N–H and O–H groups in total. The maximum Gasteiger partial charge on any atom is 0.261 e. The molecular weight excluding hydrogens is 454 g/mol. The average molecular weight is 496 g/mol. The molecule has 0 saturated heterocycles. The van der Waals surface area contributed by atoms with Gasteiger partial charge in [0.05, 0.1) is 4.88 Å². The molecule has 1 amide bonds. The first-order chi connectivity index (χ1) is 15.8. The third kappa shape index (κ3) is 7.48. The van der Waals surface area contributed by atoms with Crippen molar-refractivity contribution in [3.63, 3.8) is 0 Å². The lowest BCUT2D eigenvalue weighted by Gasteiger charge is -2.30. The smallest absolute Gasteiger partial charge is 0.261 e. The number of nitrogens with one attached hydrogen (secondary N) is 1. The number of hydrogen-bond donors (Lipinski definition) is 1. The van der Waals surface area contributed by atoms with Gasteiger partial charge in [0.25, 0.3) is 5.91 Å². The Hall–Kier alpha value is -2.04. The van der Waals surface area contributed by atoms with E-state index < -0.39 is 0 Å². The lowest BCUT2D eigenvalue weighted by atomic mass is 9.86. The SMILES string of the molecule is C/C=C/C(=C\C(C)=C(/C)c1ccc(C(C)(C)C)cc1)SC(c1ccc(C(=O)NC)s1)C(C)(C)C. The zero-order valence-electron chi connectivity index (χ0n) is 22.5. The van der Waals surface area contributed by atoms with Crippen LogP contribution < -0.4 is 5.32 Å². The molecule has 34 heavy (non-hydrogen) atoms. The van der Waals surface area contributed by atoms with Gasteiger partial charge in [-0.15, -0.1) is 23.1 Å². The second-order valence-corrected chi connectivity index (χ2v) is 13.1. The molecule has 2 rings (SSSR count). The number of thioether (sulfide) groups is 1. The molecule has 0 spiro atoms. The van der Waals surface area contributed by atoms with E-state index >= 15 is 0 Å². The van der Waals surface area contributed by atoms with Crippen molar-refractivity contribution in [1.29, 1.82) is 0 Å². The Labute approximate surface area is 215 Å². The quantitative estimate of drug-likeness (QED) is 0.388. The van der Waals surface area contributed by atoms with E-state index in [4.69, 9.17) is 0 Å². The lowest BCUT2D eigenvalue weighted by Crippen LogP contribution is -2.16. The van der Waals surface area contributed by atoms with Gasteiger partial charge >= 0.3 is 0 Å². The molecule has 0 aliphatic heterocycles. The summed E-state index contributed by atoms with van der Waals surface area (Å²) in [6.45, 7) is 20.0. The molecular formula is C30H41NOS2. The molecule has 2 nitrogen and oxygen atoms in total. The van der Waals surface area contributed by atoms with E-state index in [1.165, 1.54) is 32.1 Å². The summed E-state index contributed by atoms with van der Waals surface area (Å²) in [4.78, 5) is 15.3. The highest BCUT2D eigenvalue weighted by Crippen LogP contribution is 2.49. The van der Waals surface area contributed by atoms with Crippen molar-refractivity contribution >= 4 is 34.6 Å². The maximum absolute atomic E-state index is 12.1. The molecule has 0 bridgehead atoms. The van der Waals surface area contributed by atoms with E-state index in [-0.39, 0.29) is 22.0 Å². The predicted octanol–water partition coefficient (Wildman–Crippen LogP) is 9.18. The molecule has 0 radical (unpaired) electrons. The van der Waals surface area contributed by atoms with Crippen molar-refractivity contribution in [2.45, 2.75) is 73.0 Å². The Kier molecular flexibility index (Phi) is 9.62. The molecule has 1 heterocycles. The van der Waals surface area contributed by atoms with E-state index in [0.29, 0.717) is 0 Å². The van der Waals surface area contributed by atoms with Gasteiger partial charge in [0.15, 0.2) is 0 Å². The molecule has 1 aromatic carbocycles. The highest BCUT2D eigenvalue weighted by atomic mass is 32.2. The summed E-state index contributed by atoms with van der Waals surface area (Å²) in [5, 5.41) is 2.97. The van der Waals surface area contributed by atoms with Crippen molar-refractivity contribution in [2.75, 3.05) is 7.05 Å². The number of rotatable bonds is 7. The second kappa shape index (κ2) is 11.6. The third-order valence-electron chi connectivity index (χ3n) is 5.84. The zero-order valence-corrected chi connectivity index (χ0v) is 24.1. The summed E-state index contributed by atoms with van der Waals surface area (Å²) in [6.07, 6.45) is 6.59. The first kappa shape index (κ1) is 28.2. The Morgan fingerprint density at radius 2 is 1.62 bits per heavy atom. The van der Waals surface area contributed by atoms with Crippen LogP contribution in [0.4, 0.5) is 0 Å². The van der Waals surface area contributed by atoms with Gasteiger partial charge in [-0.1, -0.05) is 78.0 Å². The predicted molar refractivity (Wildman–Crippen MR) is 154 cm³/mol. The van der Waals surface area contributed by atoms with Crippen molar-refractivity contribution in [3.8, 4) is 0 Å². The Morgan fingerprint density at radius 3 is 2.12 bits per heavy atom. The summed E-state index contributed by atoms with van der Waals surface area (Å²) >= 11 is 3.46. The van der Waals surface area contributed by atoms with E-state index in [2.05, 4.69) is 116 Å². The standard InChI is InChI=1S/C30H41NOS2/c1-11-12-24(19-20(2)21(3)22-13-15-23(16-14-22)29(4,5)6)33-27(30(7,8)9)25-17-18-26(34-25)28(32)31-10/h11-19,27H,1-10H3,(H,31,32)/b12-11+,21-20+,24-19+. The van der Waals surface area contributed by atoms with Gasteiger partial charge in [0, 0.05) is 22.1 Å². The van der Waals surface area contributed by atoms with E-state index in [1.807, 2.05) is 17.8 Å². The van der Waals surface area contributed by atoms with Gasteiger partial charge in [-0.25, -0.2) is 0 Å². The maximum atomic E-state index is 12.1. The Balaban J connectivity index is 2.41. The fourth-order valence-electron chi connectivity index (χ4n) is 3.59. The van der Waals surface area contributed by atoms with Crippen LogP contribution in [0.3, 0.4) is 0 Å². The summed E-state index contributed by atoms with van der Waals surface area (Å²) in [6, 6.07) is 13.0. The minimum atomic E-state index is -0.0231. The highest BCUT2D eigenvalue weighted by Gasteiger charge is 2.29. The molecule has 0 saturated carbocycles. The van der Waals surface area contributed by atoms with Crippen LogP contribution >= 0.6 is 23.1 Å². The largest absolute Gasteiger partial charge is 0.354 e. The van der Waals surface area contributed by atoms with Gasteiger partial charge in [0.2, 0.25) is 0 Å². The number of benzene rings is 1. The normalized spacial score (nSPS) is 14.8. The van der Waals surface area contributed by atoms with Gasteiger partial charge in [-0.05, 0) is 72.1 Å². The summed E-state index contributed by atoms with van der Waals surface area (Å²) in [7, 11) is 1.68. The van der Waals surface area contributed by atoms with Gasteiger partial charge in [0.1, 0.15) is 0 Å². The average Bonchev–Trinajstić information content (AvgIpc) is 3.24. The van der Waals surface area contributed by atoms with Gasteiger partial charge in [-0.3, -0.25) is 4.79 Å². The molecule has 1 atom stereocenters.